The minimum atomic E-state index is 0.703. The van der Waals surface area contributed by atoms with Gasteiger partial charge >= 0.3 is 0 Å². The molecule has 2 aromatic heterocycles. The molecule has 6 heteroatoms. The number of anilines is 1. The number of pyridine rings is 1. The van der Waals surface area contributed by atoms with E-state index >= 15 is 0 Å². The molecule has 0 N–H and O–H groups in total. The predicted octanol–water partition coefficient (Wildman–Crippen LogP) is 3.29. The highest BCUT2D eigenvalue weighted by Crippen LogP contribution is 2.30. The van der Waals surface area contributed by atoms with E-state index in [2.05, 4.69) is 31.9 Å². The summed E-state index contributed by atoms with van der Waals surface area (Å²) in [5.41, 5.74) is 1.86. The second-order valence-electron chi connectivity index (χ2n) is 5.37. The van der Waals surface area contributed by atoms with Gasteiger partial charge in [-0.15, -0.1) is 0 Å². The lowest BCUT2D eigenvalue weighted by Gasteiger charge is -2.29. The summed E-state index contributed by atoms with van der Waals surface area (Å²) in [6.45, 7) is 3.12. The minimum absolute atomic E-state index is 0.703. The second-order valence-corrected chi connectivity index (χ2v) is 6.29. The van der Waals surface area contributed by atoms with Crippen molar-refractivity contribution in [3.63, 3.8) is 0 Å². The Morgan fingerprint density at radius 1 is 1.09 bits per heavy atom. The summed E-state index contributed by atoms with van der Waals surface area (Å²) >= 11 is 3.55. The van der Waals surface area contributed by atoms with Crippen LogP contribution < -0.4 is 4.90 Å². The molecule has 1 aliphatic heterocycles. The molecule has 1 aliphatic rings. The number of rotatable bonds is 2. The third-order valence-corrected chi connectivity index (χ3v) is 4.36. The SMILES string of the molecule is Brc1ccc2nc(-c3cccnc3)nc(N3CCOCC3)c2c1. The molecule has 1 saturated heterocycles. The van der Waals surface area contributed by atoms with Crippen LogP contribution in [0.1, 0.15) is 0 Å². The summed E-state index contributed by atoms with van der Waals surface area (Å²) in [6.07, 6.45) is 3.55. The highest BCUT2D eigenvalue weighted by molar-refractivity contribution is 9.10. The van der Waals surface area contributed by atoms with Gasteiger partial charge in [-0.1, -0.05) is 15.9 Å². The Labute approximate surface area is 142 Å². The first-order valence-electron chi connectivity index (χ1n) is 7.52. The molecule has 0 spiro atoms. The molecule has 0 unspecified atom stereocenters. The Balaban J connectivity index is 1.91. The number of fused-ring (bicyclic) bond motifs is 1. The van der Waals surface area contributed by atoms with E-state index in [0.717, 1.165) is 53.1 Å². The van der Waals surface area contributed by atoms with Gasteiger partial charge in [0.1, 0.15) is 5.82 Å². The molecule has 116 valence electrons. The highest BCUT2D eigenvalue weighted by atomic mass is 79.9. The summed E-state index contributed by atoms with van der Waals surface area (Å²) in [4.78, 5) is 16.0. The van der Waals surface area contributed by atoms with Crippen molar-refractivity contribution in [3.05, 3.63) is 47.2 Å². The van der Waals surface area contributed by atoms with Gasteiger partial charge < -0.3 is 9.64 Å². The van der Waals surface area contributed by atoms with Crippen molar-refractivity contribution in [1.82, 2.24) is 15.0 Å². The van der Waals surface area contributed by atoms with E-state index in [1.54, 1.807) is 12.4 Å². The van der Waals surface area contributed by atoms with Crippen LogP contribution in [0.4, 0.5) is 5.82 Å². The van der Waals surface area contributed by atoms with Gasteiger partial charge in [0.2, 0.25) is 0 Å². The van der Waals surface area contributed by atoms with E-state index in [1.807, 2.05) is 24.3 Å². The Hall–Kier alpha value is -2.05. The topological polar surface area (TPSA) is 51.1 Å². The summed E-state index contributed by atoms with van der Waals surface area (Å²) in [5, 5.41) is 1.05. The van der Waals surface area contributed by atoms with E-state index in [4.69, 9.17) is 14.7 Å². The fraction of sp³-hybridized carbons (Fsp3) is 0.235. The van der Waals surface area contributed by atoms with Gasteiger partial charge in [-0.05, 0) is 30.3 Å². The maximum absolute atomic E-state index is 5.47. The molecule has 1 fully saturated rings. The van der Waals surface area contributed by atoms with Crippen LogP contribution in [0.15, 0.2) is 47.2 Å². The zero-order valence-corrected chi connectivity index (χ0v) is 14.0. The molecule has 5 nitrogen and oxygen atoms in total. The number of morpholine rings is 1. The van der Waals surface area contributed by atoms with Gasteiger partial charge in [0.05, 0.1) is 18.7 Å². The molecule has 0 atom stereocenters. The third-order valence-electron chi connectivity index (χ3n) is 3.87. The standard InChI is InChI=1S/C17H15BrN4O/c18-13-3-4-15-14(10-13)17(22-6-8-23-9-7-22)21-16(20-15)12-2-1-5-19-11-12/h1-5,10-11H,6-9H2. The van der Waals surface area contributed by atoms with Gasteiger partial charge in [0.25, 0.3) is 0 Å². The van der Waals surface area contributed by atoms with Crippen LogP contribution in [-0.2, 0) is 4.74 Å². The lowest BCUT2D eigenvalue weighted by atomic mass is 10.2. The Morgan fingerprint density at radius 3 is 2.74 bits per heavy atom. The van der Waals surface area contributed by atoms with Gasteiger partial charge in [-0.25, -0.2) is 9.97 Å². The number of nitrogens with zero attached hydrogens (tertiary/aromatic N) is 4. The van der Waals surface area contributed by atoms with Crippen LogP contribution in [-0.4, -0.2) is 41.3 Å². The summed E-state index contributed by atoms with van der Waals surface area (Å²) < 4.78 is 6.49. The van der Waals surface area contributed by atoms with Crippen molar-refractivity contribution in [1.29, 1.82) is 0 Å². The molecule has 0 aliphatic carbocycles. The van der Waals surface area contributed by atoms with Crippen LogP contribution in [0.3, 0.4) is 0 Å². The molecular formula is C17H15BrN4O. The first kappa shape index (κ1) is 14.5. The molecule has 0 bridgehead atoms. The number of hydrogen-bond acceptors (Lipinski definition) is 5. The van der Waals surface area contributed by atoms with Crippen LogP contribution in [0.2, 0.25) is 0 Å². The van der Waals surface area contributed by atoms with Gasteiger partial charge in [0, 0.05) is 40.9 Å². The van der Waals surface area contributed by atoms with Crippen molar-refractivity contribution in [2.75, 3.05) is 31.2 Å². The van der Waals surface area contributed by atoms with Gasteiger partial charge in [-0.3, -0.25) is 4.98 Å². The normalized spacial score (nSPS) is 15.1. The largest absolute Gasteiger partial charge is 0.378 e. The molecule has 0 radical (unpaired) electrons. The lowest BCUT2D eigenvalue weighted by Crippen LogP contribution is -2.37. The molecule has 3 heterocycles. The fourth-order valence-electron chi connectivity index (χ4n) is 2.72. The zero-order chi connectivity index (χ0) is 15.6. The summed E-state index contributed by atoms with van der Waals surface area (Å²) in [5.74, 6) is 1.66. The Bertz CT molecular complexity index is 835. The molecule has 1 aromatic carbocycles. The molecule has 4 rings (SSSR count). The summed E-state index contributed by atoms with van der Waals surface area (Å²) in [6, 6.07) is 9.98. The van der Waals surface area contributed by atoms with E-state index in [1.165, 1.54) is 0 Å². The number of benzene rings is 1. The summed E-state index contributed by atoms with van der Waals surface area (Å²) in [7, 11) is 0. The Morgan fingerprint density at radius 2 is 1.96 bits per heavy atom. The predicted molar refractivity (Wildman–Crippen MR) is 93.5 cm³/mol. The fourth-order valence-corrected chi connectivity index (χ4v) is 3.09. The van der Waals surface area contributed by atoms with Gasteiger partial charge in [-0.2, -0.15) is 0 Å². The second kappa shape index (κ2) is 6.22. The maximum Gasteiger partial charge on any atom is 0.163 e. The average Bonchev–Trinajstić information content (AvgIpc) is 2.62. The number of aromatic nitrogens is 3. The van der Waals surface area contributed by atoms with Crippen molar-refractivity contribution in [2.45, 2.75) is 0 Å². The quantitative estimate of drug-likeness (QED) is 0.692. The monoisotopic (exact) mass is 370 g/mol. The van der Waals surface area contributed by atoms with Crippen LogP contribution in [0.25, 0.3) is 22.3 Å². The van der Waals surface area contributed by atoms with Crippen molar-refractivity contribution >= 4 is 32.7 Å². The third kappa shape index (κ3) is 2.92. The maximum atomic E-state index is 5.47. The smallest absolute Gasteiger partial charge is 0.163 e. The highest BCUT2D eigenvalue weighted by Gasteiger charge is 2.18. The average molecular weight is 371 g/mol. The van der Waals surface area contributed by atoms with Crippen molar-refractivity contribution in [3.8, 4) is 11.4 Å². The lowest BCUT2D eigenvalue weighted by molar-refractivity contribution is 0.122. The van der Waals surface area contributed by atoms with E-state index in [0.29, 0.717) is 5.82 Å². The van der Waals surface area contributed by atoms with Crippen LogP contribution in [0.5, 0.6) is 0 Å². The van der Waals surface area contributed by atoms with Gasteiger partial charge in [0.15, 0.2) is 5.82 Å². The molecule has 0 saturated carbocycles. The minimum Gasteiger partial charge on any atom is -0.378 e. The zero-order valence-electron chi connectivity index (χ0n) is 12.4. The van der Waals surface area contributed by atoms with E-state index < -0.39 is 0 Å². The number of ether oxygens (including phenoxy) is 1. The molecule has 0 amide bonds. The Kier molecular flexibility index (Phi) is 3.93. The first-order valence-corrected chi connectivity index (χ1v) is 8.31. The van der Waals surface area contributed by atoms with Crippen molar-refractivity contribution < 1.29 is 4.74 Å². The first-order chi connectivity index (χ1) is 11.3. The van der Waals surface area contributed by atoms with E-state index in [9.17, 15) is 0 Å². The van der Waals surface area contributed by atoms with Crippen LogP contribution >= 0.6 is 15.9 Å². The number of halogens is 1. The molecular weight excluding hydrogens is 356 g/mol. The van der Waals surface area contributed by atoms with E-state index in [-0.39, 0.29) is 0 Å². The molecule has 23 heavy (non-hydrogen) atoms. The number of hydrogen-bond donors (Lipinski definition) is 0. The van der Waals surface area contributed by atoms with Crippen molar-refractivity contribution in [2.24, 2.45) is 0 Å². The van der Waals surface area contributed by atoms with Crippen LogP contribution in [0, 0.1) is 0 Å². The molecule has 3 aromatic rings.